The predicted molar refractivity (Wildman–Crippen MR) is 80.1 cm³/mol. The first kappa shape index (κ1) is 18.1. The number of carbonyl (C=O) groups excluding carboxylic acids is 1. The molecular weight excluding hydrogens is 341 g/mol. The van der Waals surface area contributed by atoms with Gasteiger partial charge < -0.3 is 5.32 Å². The van der Waals surface area contributed by atoms with Gasteiger partial charge in [-0.1, -0.05) is 6.92 Å². The molecule has 0 heterocycles. The number of nitrogens with one attached hydrogen (secondary N) is 1. The summed E-state index contributed by atoms with van der Waals surface area (Å²) in [6.45, 7) is 3.17. The smallest absolute Gasteiger partial charge is 0.261 e. The van der Waals surface area contributed by atoms with Crippen LogP contribution in [0.2, 0.25) is 0 Å². The van der Waals surface area contributed by atoms with Crippen molar-refractivity contribution in [1.82, 2.24) is 5.32 Å². The standard InChI is InChI=1S/C12H15ClFNO4S2/c1-3-20(17)5-4-15-12(16)9-6-10(14)8(2)11(7-9)21(13,18)19/h6-7H,3-5H2,1-2H3,(H,15,16). The van der Waals surface area contributed by atoms with E-state index < -0.39 is 36.5 Å². The third-order valence-electron chi connectivity index (χ3n) is 2.76. The van der Waals surface area contributed by atoms with Crippen molar-refractivity contribution >= 4 is 36.4 Å². The molecule has 118 valence electrons. The minimum atomic E-state index is -4.15. The molecule has 0 saturated heterocycles. The molecule has 1 aromatic carbocycles. The Morgan fingerprint density at radius 1 is 1.43 bits per heavy atom. The van der Waals surface area contributed by atoms with E-state index in [1.807, 2.05) is 0 Å². The van der Waals surface area contributed by atoms with Crippen LogP contribution < -0.4 is 5.32 Å². The second-order valence-electron chi connectivity index (χ2n) is 4.21. The lowest BCUT2D eigenvalue weighted by atomic mass is 10.1. The molecule has 1 unspecified atom stereocenters. The van der Waals surface area contributed by atoms with Gasteiger partial charge in [0.1, 0.15) is 5.82 Å². The molecule has 21 heavy (non-hydrogen) atoms. The molecule has 5 nitrogen and oxygen atoms in total. The first-order valence-corrected chi connectivity index (χ1v) is 9.84. The minimum absolute atomic E-state index is 0.145. The third-order valence-corrected chi connectivity index (χ3v) is 5.51. The van der Waals surface area contributed by atoms with Crippen LogP contribution in [-0.4, -0.2) is 36.6 Å². The summed E-state index contributed by atoms with van der Waals surface area (Å²) in [6.07, 6.45) is 0. The van der Waals surface area contributed by atoms with Crippen molar-refractivity contribution in [3.63, 3.8) is 0 Å². The third kappa shape index (κ3) is 5.05. The van der Waals surface area contributed by atoms with Crippen LogP contribution in [0.3, 0.4) is 0 Å². The zero-order valence-electron chi connectivity index (χ0n) is 11.5. The number of hydrogen-bond acceptors (Lipinski definition) is 4. The molecule has 1 amide bonds. The summed E-state index contributed by atoms with van der Waals surface area (Å²) in [5.41, 5.74) is -0.298. The number of carbonyl (C=O) groups is 1. The van der Waals surface area contributed by atoms with Crippen molar-refractivity contribution in [2.45, 2.75) is 18.7 Å². The maximum absolute atomic E-state index is 13.7. The first-order valence-electron chi connectivity index (χ1n) is 6.04. The average Bonchev–Trinajstić information content (AvgIpc) is 2.39. The molecule has 1 rings (SSSR count). The van der Waals surface area contributed by atoms with Crippen molar-refractivity contribution in [2.75, 3.05) is 18.1 Å². The Morgan fingerprint density at radius 2 is 2.05 bits per heavy atom. The molecule has 0 aliphatic rings. The number of amides is 1. The molecular formula is C12H15ClFNO4S2. The van der Waals surface area contributed by atoms with Gasteiger partial charge in [0.05, 0.1) is 4.90 Å². The Labute approximate surface area is 129 Å². The van der Waals surface area contributed by atoms with Gasteiger partial charge in [0.15, 0.2) is 0 Å². The quantitative estimate of drug-likeness (QED) is 0.785. The van der Waals surface area contributed by atoms with Crippen molar-refractivity contribution < 1.29 is 21.8 Å². The van der Waals surface area contributed by atoms with Gasteiger partial charge in [0.2, 0.25) is 0 Å². The highest BCUT2D eigenvalue weighted by Gasteiger charge is 2.20. The van der Waals surface area contributed by atoms with E-state index in [4.69, 9.17) is 10.7 Å². The summed E-state index contributed by atoms with van der Waals surface area (Å²) >= 11 is 0. The molecule has 0 saturated carbocycles. The number of hydrogen-bond donors (Lipinski definition) is 1. The molecule has 0 radical (unpaired) electrons. The lowest BCUT2D eigenvalue weighted by molar-refractivity contribution is 0.0955. The van der Waals surface area contributed by atoms with Crippen molar-refractivity contribution in [3.05, 3.63) is 29.1 Å². The Bertz CT molecular complexity index is 676. The van der Waals surface area contributed by atoms with Crippen LogP contribution in [0, 0.1) is 12.7 Å². The normalized spacial score (nSPS) is 13.0. The van der Waals surface area contributed by atoms with Gasteiger partial charge in [0, 0.05) is 50.7 Å². The number of benzene rings is 1. The fraction of sp³-hybridized carbons (Fsp3) is 0.417. The Morgan fingerprint density at radius 3 is 2.57 bits per heavy atom. The van der Waals surface area contributed by atoms with Crippen LogP contribution in [0.25, 0.3) is 0 Å². The van der Waals surface area contributed by atoms with E-state index in [2.05, 4.69) is 5.32 Å². The summed E-state index contributed by atoms with van der Waals surface area (Å²) in [6, 6.07) is 1.96. The molecule has 0 aromatic heterocycles. The van der Waals surface area contributed by atoms with Gasteiger partial charge in [-0.3, -0.25) is 9.00 Å². The maximum Gasteiger partial charge on any atom is 0.261 e. The van der Waals surface area contributed by atoms with Crippen LogP contribution in [0.4, 0.5) is 4.39 Å². The minimum Gasteiger partial charge on any atom is -0.351 e. The Hall–Kier alpha value is -0.990. The highest BCUT2D eigenvalue weighted by molar-refractivity contribution is 8.13. The molecule has 9 heteroatoms. The van der Waals surface area contributed by atoms with Crippen molar-refractivity contribution in [1.29, 1.82) is 0 Å². The van der Waals surface area contributed by atoms with Gasteiger partial charge in [-0.15, -0.1) is 0 Å². The second-order valence-corrected chi connectivity index (χ2v) is 8.61. The maximum atomic E-state index is 13.7. The van der Waals surface area contributed by atoms with E-state index in [0.717, 1.165) is 12.1 Å². The van der Waals surface area contributed by atoms with E-state index in [-0.39, 0.29) is 23.4 Å². The molecule has 0 aliphatic carbocycles. The van der Waals surface area contributed by atoms with Crippen LogP contribution in [-0.2, 0) is 19.9 Å². The Balaban J connectivity index is 2.96. The highest BCUT2D eigenvalue weighted by Crippen LogP contribution is 2.23. The van der Waals surface area contributed by atoms with E-state index in [1.54, 1.807) is 6.92 Å². The summed E-state index contributed by atoms with van der Waals surface area (Å²) in [7, 11) is 0.0324. The largest absolute Gasteiger partial charge is 0.351 e. The average molecular weight is 356 g/mol. The zero-order valence-corrected chi connectivity index (χ0v) is 13.9. The van der Waals surface area contributed by atoms with Gasteiger partial charge in [-0.05, 0) is 19.1 Å². The molecule has 0 bridgehead atoms. The first-order chi connectivity index (χ1) is 9.66. The summed E-state index contributed by atoms with van der Waals surface area (Å²) in [4.78, 5) is 11.4. The van der Waals surface area contributed by atoms with E-state index in [9.17, 15) is 21.8 Å². The van der Waals surface area contributed by atoms with Gasteiger partial charge in [-0.2, -0.15) is 0 Å². The second kappa shape index (κ2) is 7.33. The molecule has 1 N–H and O–H groups in total. The predicted octanol–water partition coefficient (Wildman–Crippen LogP) is 1.56. The van der Waals surface area contributed by atoms with Crippen LogP contribution in [0.5, 0.6) is 0 Å². The fourth-order valence-corrected chi connectivity index (χ4v) is 3.39. The number of rotatable bonds is 6. The van der Waals surface area contributed by atoms with E-state index in [0.29, 0.717) is 5.75 Å². The molecule has 0 spiro atoms. The molecule has 0 fully saturated rings. The fourth-order valence-electron chi connectivity index (χ4n) is 1.56. The van der Waals surface area contributed by atoms with E-state index >= 15 is 0 Å². The van der Waals surface area contributed by atoms with Crippen LogP contribution >= 0.6 is 10.7 Å². The molecule has 0 aliphatic heterocycles. The lowest BCUT2D eigenvalue weighted by Gasteiger charge is -2.08. The van der Waals surface area contributed by atoms with Crippen LogP contribution in [0.15, 0.2) is 17.0 Å². The summed E-state index contributed by atoms with van der Waals surface area (Å²) < 4.78 is 47.6. The van der Waals surface area contributed by atoms with Gasteiger partial charge in [-0.25, -0.2) is 12.8 Å². The number of halogens is 2. The summed E-state index contributed by atoms with van der Waals surface area (Å²) in [5.74, 6) is -0.733. The molecule has 1 atom stereocenters. The summed E-state index contributed by atoms with van der Waals surface area (Å²) in [5, 5.41) is 2.45. The van der Waals surface area contributed by atoms with Gasteiger partial charge >= 0.3 is 0 Å². The van der Waals surface area contributed by atoms with Crippen molar-refractivity contribution in [2.24, 2.45) is 0 Å². The zero-order chi connectivity index (χ0) is 16.2. The van der Waals surface area contributed by atoms with Gasteiger partial charge in [0.25, 0.3) is 15.0 Å². The highest BCUT2D eigenvalue weighted by atomic mass is 35.7. The molecule has 1 aromatic rings. The Kier molecular flexibility index (Phi) is 6.30. The van der Waals surface area contributed by atoms with Crippen molar-refractivity contribution in [3.8, 4) is 0 Å². The topological polar surface area (TPSA) is 80.3 Å². The lowest BCUT2D eigenvalue weighted by Crippen LogP contribution is -2.28. The van der Waals surface area contributed by atoms with E-state index in [1.165, 1.54) is 6.92 Å². The monoisotopic (exact) mass is 355 g/mol. The SMILES string of the molecule is CCS(=O)CCNC(=O)c1cc(F)c(C)c(S(=O)(=O)Cl)c1. The van der Waals surface area contributed by atoms with Crippen LogP contribution in [0.1, 0.15) is 22.8 Å².